The molecular weight excluding hydrogens is 528 g/mol. The number of hydrogen-bond acceptors (Lipinski definition) is 6. The van der Waals surface area contributed by atoms with Crippen LogP contribution in [0.5, 0.6) is 0 Å². The van der Waals surface area contributed by atoms with E-state index in [0.717, 1.165) is 31.2 Å². The van der Waals surface area contributed by atoms with E-state index < -0.39 is 24.9 Å². The van der Waals surface area contributed by atoms with Crippen LogP contribution in [0, 0.1) is 23.2 Å². The molecular formula is C31H45BLiN3O6. The number of ether oxygens (including phenoxy) is 1. The quantitative estimate of drug-likeness (QED) is 0.393. The Bertz CT molecular complexity index is 1170. The fourth-order valence-corrected chi connectivity index (χ4v) is 7.22. The molecule has 3 amide bonds. The van der Waals surface area contributed by atoms with Gasteiger partial charge in [0.25, 0.3) is 5.91 Å². The van der Waals surface area contributed by atoms with Crippen molar-refractivity contribution in [2.75, 3.05) is 13.2 Å². The van der Waals surface area contributed by atoms with E-state index in [4.69, 9.17) is 14.0 Å². The molecule has 0 unspecified atom stereocenters. The predicted molar refractivity (Wildman–Crippen MR) is 156 cm³/mol. The maximum absolute atomic E-state index is 13.5. The number of amides is 3. The van der Waals surface area contributed by atoms with E-state index in [1.165, 1.54) is 0 Å². The van der Waals surface area contributed by atoms with Gasteiger partial charge in [-0.3, -0.25) is 9.59 Å². The van der Waals surface area contributed by atoms with Crippen LogP contribution in [0.3, 0.4) is 0 Å². The van der Waals surface area contributed by atoms with Crippen LogP contribution < -0.4 is 29.5 Å². The van der Waals surface area contributed by atoms with Gasteiger partial charge in [-0.25, -0.2) is 4.79 Å². The van der Waals surface area contributed by atoms with E-state index in [2.05, 4.69) is 31.4 Å². The van der Waals surface area contributed by atoms with E-state index in [-0.39, 0.29) is 54.2 Å². The van der Waals surface area contributed by atoms with Gasteiger partial charge in [-0.2, -0.15) is 18.3 Å². The first-order valence-corrected chi connectivity index (χ1v) is 15.0. The summed E-state index contributed by atoms with van der Waals surface area (Å²) in [7, 11) is -0.453. The summed E-state index contributed by atoms with van der Waals surface area (Å²) in [6.45, 7) is 15.6. The molecule has 11 heteroatoms. The average molecular weight is 573 g/mol. The molecule has 42 heavy (non-hydrogen) atoms. The van der Waals surface area contributed by atoms with Crippen molar-refractivity contribution < 1.29 is 47.3 Å². The Hall–Kier alpha value is -1.99. The minimum absolute atomic E-state index is 0. The zero-order valence-corrected chi connectivity index (χ0v) is 26.5. The normalized spacial score (nSPS) is 29.0. The minimum atomic E-state index is -0.694. The number of alkyl carbamates (subject to hydrolysis) is 1. The zero-order valence-electron chi connectivity index (χ0n) is 26.5. The van der Waals surface area contributed by atoms with Crippen molar-refractivity contribution >= 4 is 25.0 Å². The van der Waals surface area contributed by atoms with E-state index >= 15 is 0 Å². The first kappa shape index (κ1) is 32.9. The summed E-state index contributed by atoms with van der Waals surface area (Å²) in [5, 5.41) is 5.57. The van der Waals surface area contributed by atoms with Crippen LogP contribution in [0.15, 0.2) is 24.3 Å². The summed E-state index contributed by atoms with van der Waals surface area (Å²) >= 11 is 0. The first-order chi connectivity index (χ1) is 19.2. The van der Waals surface area contributed by atoms with Crippen LogP contribution in [0.25, 0.3) is 0 Å². The molecule has 6 rings (SSSR count). The van der Waals surface area contributed by atoms with Gasteiger partial charge in [0, 0.05) is 25.3 Å². The molecule has 2 saturated heterocycles. The Morgan fingerprint density at radius 2 is 1.86 bits per heavy atom. The summed E-state index contributed by atoms with van der Waals surface area (Å²) in [5.74, 6) is 1.86. The van der Waals surface area contributed by atoms with E-state index in [0.29, 0.717) is 30.6 Å². The van der Waals surface area contributed by atoms with Gasteiger partial charge in [0.05, 0.1) is 11.5 Å². The van der Waals surface area contributed by atoms with Crippen LogP contribution in [0.1, 0.15) is 90.1 Å². The van der Waals surface area contributed by atoms with Gasteiger partial charge < -0.3 is 35.5 Å². The van der Waals surface area contributed by atoms with Gasteiger partial charge in [-0.05, 0) is 71.1 Å². The van der Waals surface area contributed by atoms with Crippen molar-refractivity contribution in [2.45, 2.75) is 104 Å². The first-order valence-electron chi connectivity index (χ1n) is 15.0. The Labute approximate surface area is 262 Å². The Kier molecular flexibility index (Phi) is 9.55. The summed E-state index contributed by atoms with van der Waals surface area (Å²) in [4.78, 5) is 40.3. The largest absolute Gasteiger partial charge is 1.00 e. The Balaban J connectivity index is 0.00000405. The second-order valence-electron chi connectivity index (χ2n) is 14.0. The molecule has 3 saturated carbocycles. The molecule has 1 aromatic carbocycles. The molecule has 5 fully saturated rings. The number of rotatable bonds is 6. The zero-order chi connectivity index (χ0) is 29.7. The molecule has 2 N–H and O–H groups in total. The number of likely N-dealkylation sites (tertiary alicyclic amines) is 1. The van der Waals surface area contributed by atoms with Gasteiger partial charge >= 0.3 is 32.1 Å². The minimum Gasteiger partial charge on any atom is -0.444 e. The molecule has 0 aromatic heterocycles. The van der Waals surface area contributed by atoms with Crippen molar-refractivity contribution in [2.24, 2.45) is 17.3 Å². The third-order valence-corrected chi connectivity index (χ3v) is 9.73. The Morgan fingerprint density at radius 1 is 1.17 bits per heavy atom. The summed E-state index contributed by atoms with van der Waals surface area (Å²) < 4.78 is 18.3. The molecule has 9 nitrogen and oxygen atoms in total. The average Bonchev–Trinajstić information content (AvgIpc) is 3.39. The molecule has 2 aliphatic heterocycles. The molecule has 3 aliphatic carbocycles. The third kappa shape index (κ3) is 6.43. The molecule has 1 aromatic rings. The Morgan fingerprint density at radius 3 is 2.50 bits per heavy atom. The molecule has 5 atom stereocenters. The third-order valence-electron chi connectivity index (χ3n) is 9.73. The molecule has 0 radical (unpaired) electrons. The van der Waals surface area contributed by atoms with Crippen LogP contribution in [0.4, 0.5) is 4.79 Å². The fraction of sp³-hybridized carbons (Fsp3) is 0.677. The van der Waals surface area contributed by atoms with E-state index in [1.807, 2.05) is 4.90 Å². The van der Waals surface area contributed by atoms with Gasteiger partial charge in [-0.15, -0.1) is 0 Å². The van der Waals surface area contributed by atoms with E-state index in [9.17, 15) is 14.4 Å². The van der Waals surface area contributed by atoms with Gasteiger partial charge in [0.15, 0.2) is 0 Å². The predicted octanol–water partition coefficient (Wildman–Crippen LogP) is 1.30. The summed E-state index contributed by atoms with van der Waals surface area (Å²) in [6.07, 6.45) is 3.39. The smallest absolute Gasteiger partial charge is 0.444 e. The van der Waals surface area contributed by atoms with E-state index in [1.54, 1.807) is 57.9 Å². The van der Waals surface area contributed by atoms with Gasteiger partial charge in [-0.1, -0.05) is 31.9 Å². The van der Waals surface area contributed by atoms with Crippen LogP contribution in [-0.4, -0.2) is 66.3 Å². The molecule has 2 bridgehead atoms. The second-order valence-corrected chi connectivity index (χ2v) is 14.0. The number of nitrogens with zero attached hydrogens (tertiary/aromatic N) is 1. The van der Waals surface area contributed by atoms with Gasteiger partial charge in [0.2, 0.25) is 5.91 Å². The maximum Gasteiger partial charge on any atom is 1.00 e. The van der Waals surface area contributed by atoms with Crippen LogP contribution in [0.2, 0.25) is 0 Å². The maximum atomic E-state index is 13.5. The van der Waals surface area contributed by atoms with Crippen LogP contribution in [-0.2, 0) is 25.4 Å². The van der Waals surface area contributed by atoms with Crippen molar-refractivity contribution in [3.05, 3.63) is 41.3 Å². The molecule has 0 spiro atoms. The fourth-order valence-electron chi connectivity index (χ4n) is 7.22. The number of carbonyl (C=O) groups excluding carboxylic acids is 3. The van der Waals surface area contributed by atoms with Crippen molar-refractivity contribution in [3.8, 4) is 0 Å². The summed E-state index contributed by atoms with van der Waals surface area (Å²) in [6, 6.07) is 6.23. The second kappa shape index (κ2) is 12.2. The number of carbonyl (C=O) groups is 3. The van der Waals surface area contributed by atoms with Gasteiger partial charge in [0.1, 0.15) is 11.6 Å². The standard InChI is InChI=1S/C31H45BN3O6.Li/c1-19(34-26(36)21-12-10-20(11-13-21)17-33-28(38)40-29(2,3)4)27(37)35-14-8-9-25(35)32-39-18-23-15-22-16-24(30(22,5)6)31(23,7)41-32;/h10-13,19,23-25H,8-9,14-18H2,1-7H3,(H,33,38)(H,34,36);/q-1;+1/t19-,23+,24+,25+,31-;/m1./s1. The van der Waals surface area contributed by atoms with Crippen molar-refractivity contribution in [3.63, 3.8) is 0 Å². The van der Waals surface area contributed by atoms with Crippen molar-refractivity contribution in [1.29, 1.82) is 0 Å². The van der Waals surface area contributed by atoms with Crippen molar-refractivity contribution in [1.82, 2.24) is 15.5 Å². The summed E-state index contributed by atoms with van der Waals surface area (Å²) in [5.41, 5.74) is 0.651. The monoisotopic (exact) mass is 573 g/mol. The number of hydrogen-bond donors (Lipinski definition) is 2. The molecule has 2 heterocycles. The SMILES string of the molecule is C[C@@H](NC(=O)c1ccc(CNC(=O)OC(C)(C)C)cc1)C(=O)N1CCC[C@H]1B1OC[C@@H]2C[C-]3C[C@@H](C3(C)C)[C@]2(C)O1.[Li+]. The topological polar surface area (TPSA) is 106 Å². The molecule has 224 valence electrons. The number of nitrogens with one attached hydrogen (secondary N) is 2. The van der Waals surface area contributed by atoms with Crippen LogP contribution >= 0.6 is 0 Å². The number of benzene rings is 1. The molecule has 5 aliphatic rings.